The first-order valence-electron chi connectivity index (χ1n) is 7.69. The summed E-state index contributed by atoms with van der Waals surface area (Å²) in [5, 5.41) is 2.53. The SMILES string of the molecule is CN(CCc1ccncc1)C(=O)CNC(=O)Cc1ccccc1F. The minimum atomic E-state index is -0.423. The highest BCUT2D eigenvalue weighted by Crippen LogP contribution is 2.06. The van der Waals surface area contributed by atoms with E-state index >= 15 is 0 Å². The number of amides is 2. The smallest absolute Gasteiger partial charge is 0.241 e. The largest absolute Gasteiger partial charge is 0.347 e. The Labute approximate surface area is 140 Å². The highest BCUT2D eigenvalue weighted by molar-refractivity contribution is 5.85. The van der Waals surface area contributed by atoms with Crippen LogP contribution in [0.15, 0.2) is 48.8 Å². The van der Waals surface area contributed by atoms with Gasteiger partial charge in [0.05, 0.1) is 13.0 Å². The second-order valence-electron chi connectivity index (χ2n) is 5.47. The third kappa shape index (κ3) is 5.46. The number of aromatic nitrogens is 1. The molecule has 0 fully saturated rings. The summed E-state index contributed by atoms with van der Waals surface area (Å²) in [5.41, 5.74) is 1.40. The number of halogens is 1. The Morgan fingerprint density at radius 2 is 1.88 bits per heavy atom. The van der Waals surface area contributed by atoms with Gasteiger partial charge in [-0.05, 0) is 35.7 Å². The molecule has 2 aromatic rings. The van der Waals surface area contributed by atoms with Crippen molar-refractivity contribution < 1.29 is 14.0 Å². The molecule has 24 heavy (non-hydrogen) atoms. The van der Waals surface area contributed by atoms with Gasteiger partial charge in [-0.3, -0.25) is 14.6 Å². The van der Waals surface area contributed by atoms with Crippen molar-refractivity contribution in [3.8, 4) is 0 Å². The fourth-order valence-electron chi connectivity index (χ4n) is 2.16. The molecular weight excluding hydrogens is 309 g/mol. The van der Waals surface area contributed by atoms with Crippen LogP contribution in [-0.4, -0.2) is 41.8 Å². The van der Waals surface area contributed by atoms with Crippen molar-refractivity contribution in [3.05, 3.63) is 65.7 Å². The van der Waals surface area contributed by atoms with Crippen molar-refractivity contribution >= 4 is 11.8 Å². The molecule has 0 radical (unpaired) electrons. The molecule has 0 bridgehead atoms. The average Bonchev–Trinajstić information content (AvgIpc) is 2.60. The summed E-state index contributed by atoms with van der Waals surface area (Å²) in [6.45, 7) is 0.451. The molecule has 0 unspecified atom stereocenters. The summed E-state index contributed by atoms with van der Waals surface area (Å²) in [4.78, 5) is 29.3. The zero-order chi connectivity index (χ0) is 17.4. The van der Waals surface area contributed by atoms with Gasteiger partial charge in [0.15, 0.2) is 0 Å². The lowest BCUT2D eigenvalue weighted by atomic mass is 10.1. The molecule has 1 aromatic carbocycles. The van der Waals surface area contributed by atoms with Gasteiger partial charge in [-0.25, -0.2) is 4.39 Å². The molecule has 1 N–H and O–H groups in total. The second kappa shape index (κ2) is 8.76. The van der Waals surface area contributed by atoms with E-state index in [9.17, 15) is 14.0 Å². The van der Waals surface area contributed by atoms with Crippen LogP contribution in [0.5, 0.6) is 0 Å². The maximum Gasteiger partial charge on any atom is 0.241 e. The Kier molecular flexibility index (Phi) is 6.42. The molecule has 0 aliphatic heterocycles. The number of likely N-dealkylation sites (N-methyl/N-ethyl adjacent to an activating group) is 1. The van der Waals surface area contributed by atoms with Crippen LogP contribution in [0.2, 0.25) is 0 Å². The van der Waals surface area contributed by atoms with E-state index in [0.717, 1.165) is 5.56 Å². The van der Waals surface area contributed by atoms with Crippen LogP contribution < -0.4 is 5.32 Å². The zero-order valence-electron chi connectivity index (χ0n) is 13.5. The molecule has 1 heterocycles. The molecule has 0 aliphatic carbocycles. The molecule has 2 rings (SSSR count). The minimum absolute atomic E-state index is 0.0827. The minimum Gasteiger partial charge on any atom is -0.347 e. The second-order valence-corrected chi connectivity index (χ2v) is 5.47. The van der Waals surface area contributed by atoms with Crippen molar-refractivity contribution in [2.24, 2.45) is 0 Å². The zero-order valence-corrected chi connectivity index (χ0v) is 13.5. The Morgan fingerprint density at radius 3 is 2.58 bits per heavy atom. The number of pyridine rings is 1. The first kappa shape index (κ1) is 17.6. The fraction of sp³-hybridized carbons (Fsp3) is 0.278. The van der Waals surface area contributed by atoms with Gasteiger partial charge in [-0.15, -0.1) is 0 Å². The van der Waals surface area contributed by atoms with Crippen molar-refractivity contribution in [1.82, 2.24) is 15.2 Å². The van der Waals surface area contributed by atoms with Crippen LogP contribution in [0.1, 0.15) is 11.1 Å². The average molecular weight is 329 g/mol. The number of carbonyl (C=O) groups excluding carboxylic acids is 2. The molecule has 0 saturated heterocycles. The number of carbonyl (C=O) groups is 2. The van der Waals surface area contributed by atoms with E-state index in [2.05, 4.69) is 10.3 Å². The van der Waals surface area contributed by atoms with Crippen molar-refractivity contribution in [3.63, 3.8) is 0 Å². The van der Waals surface area contributed by atoms with Crippen LogP contribution >= 0.6 is 0 Å². The van der Waals surface area contributed by atoms with E-state index in [0.29, 0.717) is 18.5 Å². The highest BCUT2D eigenvalue weighted by atomic mass is 19.1. The molecule has 2 amide bonds. The molecule has 126 valence electrons. The predicted octanol–water partition coefficient (Wildman–Crippen LogP) is 1.58. The number of rotatable bonds is 7. The van der Waals surface area contributed by atoms with Gasteiger partial charge in [0.25, 0.3) is 0 Å². The van der Waals surface area contributed by atoms with Crippen LogP contribution in [-0.2, 0) is 22.4 Å². The van der Waals surface area contributed by atoms with E-state index in [1.807, 2.05) is 12.1 Å². The molecule has 6 heteroatoms. The molecule has 0 saturated carbocycles. The quantitative estimate of drug-likeness (QED) is 0.839. The maximum absolute atomic E-state index is 13.5. The van der Waals surface area contributed by atoms with Gasteiger partial charge in [-0.2, -0.15) is 0 Å². The summed E-state index contributed by atoms with van der Waals surface area (Å²) in [6.07, 6.45) is 4.05. The number of hydrogen-bond acceptors (Lipinski definition) is 3. The Balaban J connectivity index is 1.73. The monoisotopic (exact) mass is 329 g/mol. The summed E-state index contributed by atoms with van der Waals surface area (Å²) < 4.78 is 13.5. The number of hydrogen-bond donors (Lipinski definition) is 1. The third-order valence-electron chi connectivity index (χ3n) is 3.66. The molecule has 0 aliphatic rings. The van der Waals surface area contributed by atoms with Crippen LogP contribution in [0, 0.1) is 5.82 Å². The van der Waals surface area contributed by atoms with E-state index in [1.54, 1.807) is 42.5 Å². The van der Waals surface area contributed by atoms with Gasteiger partial charge in [0, 0.05) is 26.0 Å². The number of nitrogens with one attached hydrogen (secondary N) is 1. The van der Waals surface area contributed by atoms with Crippen molar-refractivity contribution in [1.29, 1.82) is 0 Å². The lowest BCUT2D eigenvalue weighted by Crippen LogP contribution is -2.39. The Morgan fingerprint density at radius 1 is 1.17 bits per heavy atom. The summed E-state index contributed by atoms with van der Waals surface area (Å²) in [7, 11) is 1.69. The highest BCUT2D eigenvalue weighted by Gasteiger charge is 2.12. The number of nitrogens with zero attached hydrogens (tertiary/aromatic N) is 2. The molecule has 1 aromatic heterocycles. The van der Waals surface area contributed by atoms with Crippen LogP contribution in [0.25, 0.3) is 0 Å². The molecule has 5 nitrogen and oxygen atoms in total. The van der Waals surface area contributed by atoms with Crippen LogP contribution in [0.3, 0.4) is 0 Å². The predicted molar refractivity (Wildman–Crippen MR) is 88.7 cm³/mol. The van der Waals surface area contributed by atoms with Crippen LogP contribution in [0.4, 0.5) is 4.39 Å². The fourth-order valence-corrected chi connectivity index (χ4v) is 2.16. The third-order valence-corrected chi connectivity index (χ3v) is 3.66. The van der Waals surface area contributed by atoms with E-state index in [4.69, 9.17) is 0 Å². The van der Waals surface area contributed by atoms with E-state index in [1.165, 1.54) is 6.07 Å². The lowest BCUT2D eigenvalue weighted by Gasteiger charge is -2.17. The van der Waals surface area contributed by atoms with Gasteiger partial charge in [0.1, 0.15) is 5.82 Å². The summed E-state index contributed by atoms with van der Waals surface area (Å²) >= 11 is 0. The van der Waals surface area contributed by atoms with Gasteiger partial charge in [0.2, 0.25) is 11.8 Å². The van der Waals surface area contributed by atoms with Gasteiger partial charge >= 0.3 is 0 Å². The first-order chi connectivity index (χ1) is 11.6. The normalized spacial score (nSPS) is 10.2. The Bertz CT molecular complexity index is 692. The summed E-state index contributed by atoms with van der Waals surface area (Å²) in [6, 6.07) is 9.89. The lowest BCUT2D eigenvalue weighted by molar-refractivity contribution is -0.131. The topological polar surface area (TPSA) is 62.3 Å². The molecular formula is C18H20FN3O2. The van der Waals surface area contributed by atoms with E-state index in [-0.39, 0.29) is 24.8 Å². The van der Waals surface area contributed by atoms with Gasteiger partial charge in [-0.1, -0.05) is 18.2 Å². The van der Waals surface area contributed by atoms with Crippen molar-refractivity contribution in [2.45, 2.75) is 12.8 Å². The molecule has 0 spiro atoms. The maximum atomic E-state index is 13.5. The van der Waals surface area contributed by atoms with Crippen molar-refractivity contribution in [2.75, 3.05) is 20.1 Å². The first-order valence-corrected chi connectivity index (χ1v) is 7.69. The Hall–Kier alpha value is -2.76. The molecule has 0 atom stereocenters. The summed E-state index contributed by atoms with van der Waals surface area (Å²) in [5.74, 6) is -0.990. The standard InChI is InChI=1S/C18H20FN3O2/c1-22(11-8-14-6-9-20-10-7-14)18(24)13-21-17(23)12-15-4-2-3-5-16(15)19/h2-7,9-10H,8,11-13H2,1H3,(H,21,23). The van der Waals surface area contributed by atoms with Gasteiger partial charge < -0.3 is 10.2 Å². The van der Waals surface area contributed by atoms with E-state index < -0.39 is 5.82 Å². The number of benzene rings is 1.